The van der Waals surface area contributed by atoms with Crippen LogP contribution in [-0.4, -0.2) is 19.9 Å². The van der Waals surface area contributed by atoms with Crippen LogP contribution >= 0.6 is 27.3 Å². The van der Waals surface area contributed by atoms with Crippen molar-refractivity contribution in [1.82, 2.24) is 5.43 Å². The minimum absolute atomic E-state index is 0.388. The van der Waals surface area contributed by atoms with Gasteiger partial charge in [0.05, 0.1) is 11.3 Å². The summed E-state index contributed by atoms with van der Waals surface area (Å²) in [6.07, 6.45) is 1.21. The predicted molar refractivity (Wildman–Crippen MR) is 66.4 cm³/mol. The number of hydrogen-bond donors (Lipinski definition) is 2. The molecule has 0 aromatic carbocycles. The summed E-state index contributed by atoms with van der Waals surface area (Å²) in [4.78, 5) is 0. The lowest BCUT2D eigenvalue weighted by Gasteiger charge is -2.21. The second-order valence-electron chi connectivity index (χ2n) is 3.35. The van der Waals surface area contributed by atoms with E-state index in [-0.39, 0.29) is 6.04 Å². The lowest BCUT2D eigenvalue weighted by atomic mass is 10.1. The highest BCUT2D eigenvalue weighted by molar-refractivity contribution is 9.10. The van der Waals surface area contributed by atoms with Gasteiger partial charge in [-0.15, -0.1) is 0 Å². The van der Waals surface area contributed by atoms with E-state index >= 15 is 0 Å². The maximum atomic E-state index is 11.4. The van der Waals surface area contributed by atoms with Crippen molar-refractivity contribution >= 4 is 37.1 Å². The van der Waals surface area contributed by atoms with Gasteiger partial charge < -0.3 is 0 Å². The molecule has 86 valence electrons. The first kappa shape index (κ1) is 13.1. The van der Waals surface area contributed by atoms with Crippen molar-refractivity contribution in [2.75, 3.05) is 6.26 Å². The zero-order valence-electron chi connectivity index (χ0n) is 8.40. The second-order valence-corrected chi connectivity index (χ2v) is 7.35. The minimum atomic E-state index is -3.12. The zero-order chi connectivity index (χ0) is 11.6. The summed E-state index contributed by atoms with van der Waals surface area (Å²) in [7, 11) is -3.12. The number of halogens is 1. The van der Waals surface area contributed by atoms with Crippen molar-refractivity contribution < 1.29 is 8.42 Å². The van der Waals surface area contributed by atoms with Crippen LogP contribution in [0.2, 0.25) is 0 Å². The Labute approximate surface area is 102 Å². The van der Waals surface area contributed by atoms with E-state index in [2.05, 4.69) is 21.4 Å². The molecule has 4 nitrogen and oxygen atoms in total. The van der Waals surface area contributed by atoms with Crippen molar-refractivity contribution in [2.24, 2.45) is 5.84 Å². The van der Waals surface area contributed by atoms with Gasteiger partial charge in [-0.3, -0.25) is 11.3 Å². The van der Waals surface area contributed by atoms with Crippen molar-refractivity contribution in [3.05, 3.63) is 20.8 Å². The predicted octanol–water partition coefficient (Wildman–Crippen LogP) is 1.45. The van der Waals surface area contributed by atoms with Gasteiger partial charge >= 0.3 is 0 Å². The Morgan fingerprint density at radius 2 is 2.13 bits per heavy atom. The summed E-state index contributed by atoms with van der Waals surface area (Å²) in [5.41, 5.74) is 3.42. The Bertz CT molecular complexity index is 430. The van der Waals surface area contributed by atoms with Crippen molar-refractivity contribution in [3.63, 3.8) is 0 Å². The molecular formula is C8H13BrN2O2S2. The Hall–Kier alpha value is 0.0500. The van der Waals surface area contributed by atoms with E-state index < -0.39 is 15.1 Å². The highest BCUT2D eigenvalue weighted by atomic mass is 79.9. The van der Waals surface area contributed by atoms with E-state index in [1.54, 1.807) is 6.92 Å². The number of thiophene rings is 1. The van der Waals surface area contributed by atoms with Crippen LogP contribution in [-0.2, 0) is 9.84 Å². The number of sulfone groups is 1. The first-order valence-corrected chi connectivity index (χ1v) is 7.93. The highest BCUT2D eigenvalue weighted by Gasteiger charge is 2.28. The van der Waals surface area contributed by atoms with Crippen LogP contribution in [0.3, 0.4) is 0 Å². The standard InChI is InChI=1S/C8H13BrN2O2S2/c1-5(15(2,12)13)8(11-10)6-3-14-4-7(6)9/h3-5,8,11H,10H2,1-2H3. The van der Waals surface area contributed by atoms with Crippen LogP contribution in [0.15, 0.2) is 15.2 Å². The molecule has 0 bridgehead atoms. The number of hydrogen-bond acceptors (Lipinski definition) is 5. The van der Waals surface area contributed by atoms with E-state index in [9.17, 15) is 8.42 Å². The van der Waals surface area contributed by atoms with Gasteiger partial charge in [-0.2, -0.15) is 11.3 Å². The summed E-state index contributed by atoms with van der Waals surface area (Å²) in [6, 6.07) is -0.388. The molecule has 15 heavy (non-hydrogen) atoms. The molecular weight excluding hydrogens is 300 g/mol. The fraction of sp³-hybridized carbons (Fsp3) is 0.500. The van der Waals surface area contributed by atoms with Gasteiger partial charge in [0.15, 0.2) is 9.84 Å². The molecule has 0 radical (unpaired) electrons. The highest BCUT2D eigenvalue weighted by Crippen LogP contribution is 2.30. The lowest BCUT2D eigenvalue weighted by molar-refractivity contribution is 0.513. The third-order valence-corrected chi connectivity index (χ3v) is 5.68. The first-order valence-electron chi connectivity index (χ1n) is 4.24. The molecule has 2 atom stereocenters. The SMILES string of the molecule is CC(C(NN)c1cscc1Br)S(C)(=O)=O. The topological polar surface area (TPSA) is 72.2 Å². The summed E-state index contributed by atoms with van der Waals surface area (Å²) in [5.74, 6) is 5.40. The fourth-order valence-corrected chi connectivity index (χ4v) is 3.54. The fourth-order valence-electron chi connectivity index (χ4n) is 1.24. The Morgan fingerprint density at radius 3 is 2.47 bits per heavy atom. The van der Waals surface area contributed by atoms with Crippen LogP contribution < -0.4 is 11.3 Å². The van der Waals surface area contributed by atoms with Crippen molar-refractivity contribution in [2.45, 2.75) is 18.2 Å². The average molecular weight is 313 g/mol. The molecule has 3 N–H and O–H groups in total. The van der Waals surface area contributed by atoms with Crippen LogP contribution in [0.4, 0.5) is 0 Å². The molecule has 0 fully saturated rings. The Balaban J connectivity index is 3.06. The Kier molecular flexibility index (Phi) is 4.30. The van der Waals surface area contributed by atoms with E-state index in [1.807, 2.05) is 10.8 Å². The van der Waals surface area contributed by atoms with Gasteiger partial charge in [-0.05, 0) is 33.8 Å². The smallest absolute Gasteiger partial charge is 0.151 e. The molecule has 0 saturated carbocycles. The number of nitrogens with one attached hydrogen (secondary N) is 1. The maximum Gasteiger partial charge on any atom is 0.151 e. The van der Waals surface area contributed by atoms with Crippen molar-refractivity contribution in [3.8, 4) is 0 Å². The Morgan fingerprint density at radius 1 is 1.53 bits per heavy atom. The molecule has 0 spiro atoms. The van der Waals surface area contributed by atoms with Gasteiger partial charge in [0.1, 0.15) is 0 Å². The van der Waals surface area contributed by atoms with Crippen LogP contribution in [0.1, 0.15) is 18.5 Å². The summed E-state index contributed by atoms with van der Waals surface area (Å²) in [5, 5.41) is 3.22. The van der Waals surface area contributed by atoms with Gasteiger partial charge in [-0.25, -0.2) is 8.42 Å². The van der Waals surface area contributed by atoms with Gasteiger partial charge in [0.25, 0.3) is 0 Å². The number of rotatable bonds is 4. The third-order valence-electron chi connectivity index (χ3n) is 2.30. The molecule has 2 unspecified atom stereocenters. The summed E-state index contributed by atoms with van der Waals surface area (Å²) < 4.78 is 23.7. The third kappa shape index (κ3) is 3.01. The number of nitrogens with two attached hydrogens (primary N) is 1. The molecule has 0 aliphatic rings. The van der Waals surface area contributed by atoms with Crippen LogP contribution in [0, 0.1) is 0 Å². The lowest BCUT2D eigenvalue weighted by Crippen LogP contribution is -2.38. The molecule has 0 aliphatic carbocycles. The quantitative estimate of drug-likeness (QED) is 0.652. The molecule has 1 heterocycles. The summed E-state index contributed by atoms with van der Waals surface area (Å²) in [6.45, 7) is 1.64. The van der Waals surface area contributed by atoms with Crippen molar-refractivity contribution in [1.29, 1.82) is 0 Å². The normalized spacial score (nSPS) is 16.3. The van der Waals surface area contributed by atoms with Gasteiger partial charge in [0, 0.05) is 16.1 Å². The van der Waals surface area contributed by atoms with E-state index in [0.717, 1.165) is 10.0 Å². The van der Waals surface area contributed by atoms with Crippen LogP contribution in [0.5, 0.6) is 0 Å². The molecule has 0 saturated heterocycles. The number of hydrazine groups is 1. The molecule has 1 aromatic rings. The van der Waals surface area contributed by atoms with E-state index in [1.165, 1.54) is 17.6 Å². The monoisotopic (exact) mass is 312 g/mol. The summed E-state index contributed by atoms with van der Waals surface area (Å²) >= 11 is 4.86. The van der Waals surface area contributed by atoms with Gasteiger partial charge in [-0.1, -0.05) is 0 Å². The molecule has 0 aliphatic heterocycles. The molecule has 1 aromatic heterocycles. The minimum Gasteiger partial charge on any atom is -0.271 e. The second kappa shape index (κ2) is 4.92. The van der Waals surface area contributed by atoms with Crippen LogP contribution in [0.25, 0.3) is 0 Å². The largest absolute Gasteiger partial charge is 0.271 e. The molecule has 0 amide bonds. The van der Waals surface area contributed by atoms with Gasteiger partial charge in [0.2, 0.25) is 0 Å². The maximum absolute atomic E-state index is 11.4. The first-order chi connectivity index (χ1) is 6.88. The molecule has 7 heteroatoms. The van der Waals surface area contributed by atoms with E-state index in [0.29, 0.717) is 0 Å². The average Bonchev–Trinajstić information content (AvgIpc) is 2.52. The van der Waals surface area contributed by atoms with E-state index in [4.69, 9.17) is 5.84 Å². The molecule has 1 rings (SSSR count). The zero-order valence-corrected chi connectivity index (χ0v) is 11.6.